The molecule has 1 amide bonds. The molecule has 5 rings (SSSR count). The van der Waals surface area contributed by atoms with E-state index in [-0.39, 0.29) is 75.2 Å². The Morgan fingerprint density at radius 1 is 1.11 bits per heavy atom. The number of hydrogen-bond acceptors (Lipinski definition) is 6. The molecule has 3 heterocycles. The number of aliphatic hydroxyl groups is 1. The minimum absolute atomic E-state index is 0. The third kappa shape index (κ3) is 13.2. The fourth-order valence-corrected chi connectivity index (χ4v) is 5.30. The molecule has 44 heavy (non-hydrogen) atoms. The summed E-state index contributed by atoms with van der Waals surface area (Å²) < 4.78 is 0. The SMILES string of the molecule is CC(C(=O)N1CC(O)CC1[C-]=O)C(C)(C)C.CC(C)(C)[CH-]CN1CCc2ccccc2C1.CC1C=C(C2CC2)N=NCC1.[K+]. The minimum Gasteiger partial charge on any atom is -0.540 e. The Hall–Kier alpha value is -0.744. The van der Waals surface area contributed by atoms with E-state index in [1.165, 1.54) is 54.0 Å². The number of carbonyl (C=O) groups excluding carboxylic acids is 2. The van der Waals surface area contributed by atoms with Crippen molar-refractivity contribution in [2.75, 3.05) is 26.2 Å². The van der Waals surface area contributed by atoms with Crippen molar-refractivity contribution in [3.63, 3.8) is 0 Å². The van der Waals surface area contributed by atoms with Gasteiger partial charge in [-0.05, 0) is 61.1 Å². The largest absolute Gasteiger partial charge is 1.00 e. The van der Waals surface area contributed by atoms with Crippen LogP contribution in [-0.2, 0) is 22.6 Å². The molecule has 0 bridgehead atoms. The number of carbonyl (C=O) groups is 1. The fourth-order valence-electron chi connectivity index (χ4n) is 5.30. The molecule has 2 fully saturated rings. The van der Waals surface area contributed by atoms with Crippen LogP contribution in [0.5, 0.6) is 0 Å². The molecule has 4 unspecified atom stereocenters. The van der Waals surface area contributed by atoms with Crippen LogP contribution in [0.15, 0.2) is 46.3 Å². The van der Waals surface area contributed by atoms with E-state index in [4.69, 9.17) is 0 Å². The minimum atomic E-state index is -0.595. The molecule has 7 nitrogen and oxygen atoms in total. The average molecular weight is 632 g/mol. The van der Waals surface area contributed by atoms with Gasteiger partial charge in [0.25, 0.3) is 0 Å². The molecule has 8 heteroatoms. The molecule has 0 aromatic heterocycles. The van der Waals surface area contributed by atoms with Gasteiger partial charge in [0.1, 0.15) is 0 Å². The summed E-state index contributed by atoms with van der Waals surface area (Å²) in [6, 6.07) is 8.25. The maximum absolute atomic E-state index is 12.1. The van der Waals surface area contributed by atoms with Crippen LogP contribution in [-0.4, -0.2) is 65.4 Å². The Morgan fingerprint density at radius 3 is 2.36 bits per heavy atom. The molecule has 1 N–H and O–H groups in total. The molecular formula is C36H56KN4O3-. The predicted octanol–water partition coefficient (Wildman–Crippen LogP) is 3.81. The third-order valence-corrected chi connectivity index (χ3v) is 8.86. The van der Waals surface area contributed by atoms with E-state index in [2.05, 4.69) is 79.6 Å². The first-order valence-electron chi connectivity index (χ1n) is 16.3. The van der Waals surface area contributed by atoms with E-state index in [0.29, 0.717) is 17.8 Å². The number of rotatable bonds is 5. The van der Waals surface area contributed by atoms with Gasteiger partial charge in [-0.25, -0.2) is 6.29 Å². The monoisotopic (exact) mass is 631 g/mol. The van der Waals surface area contributed by atoms with Crippen LogP contribution >= 0.6 is 0 Å². The number of benzene rings is 1. The molecule has 1 aliphatic carbocycles. The maximum atomic E-state index is 12.1. The van der Waals surface area contributed by atoms with E-state index in [9.17, 15) is 14.7 Å². The summed E-state index contributed by atoms with van der Waals surface area (Å²) in [7, 11) is 0. The number of azo groups is 1. The fraction of sp³-hybridized carbons (Fsp3) is 0.694. The van der Waals surface area contributed by atoms with Gasteiger partial charge in [0.05, 0.1) is 18.3 Å². The van der Waals surface area contributed by atoms with Crippen molar-refractivity contribution in [1.82, 2.24) is 9.80 Å². The summed E-state index contributed by atoms with van der Waals surface area (Å²) >= 11 is 0. The van der Waals surface area contributed by atoms with Crippen LogP contribution in [0, 0.1) is 35.0 Å². The number of hydrogen-bond donors (Lipinski definition) is 1. The quantitative estimate of drug-likeness (QED) is 0.396. The van der Waals surface area contributed by atoms with Crippen molar-refractivity contribution in [2.45, 2.75) is 106 Å². The van der Waals surface area contributed by atoms with Gasteiger partial charge in [0.15, 0.2) is 0 Å². The summed E-state index contributed by atoms with van der Waals surface area (Å²) in [6.07, 6.45) is 11.3. The van der Waals surface area contributed by atoms with Gasteiger partial charge in [0, 0.05) is 24.9 Å². The van der Waals surface area contributed by atoms with Gasteiger partial charge >= 0.3 is 51.4 Å². The normalized spacial score (nSPS) is 24.2. The smallest absolute Gasteiger partial charge is 0.540 e. The number of allylic oxidation sites excluding steroid dienone is 2. The van der Waals surface area contributed by atoms with Crippen molar-refractivity contribution in [2.24, 2.45) is 38.8 Å². The molecule has 0 spiro atoms. The Kier molecular flexibility index (Phi) is 16.1. The van der Waals surface area contributed by atoms with Gasteiger partial charge in [-0.3, -0.25) is 4.79 Å². The van der Waals surface area contributed by atoms with Crippen LogP contribution in [0.3, 0.4) is 0 Å². The van der Waals surface area contributed by atoms with Gasteiger partial charge in [-0.1, -0.05) is 91.8 Å². The summed E-state index contributed by atoms with van der Waals surface area (Å²) in [5.41, 5.74) is 4.50. The molecule has 3 aliphatic heterocycles. The van der Waals surface area contributed by atoms with Gasteiger partial charge in [0.2, 0.25) is 5.91 Å². The van der Waals surface area contributed by atoms with Crippen LogP contribution in [0.25, 0.3) is 0 Å². The van der Waals surface area contributed by atoms with Crippen LogP contribution < -0.4 is 51.4 Å². The zero-order chi connectivity index (χ0) is 31.8. The van der Waals surface area contributed by atoms with E-state index in [0.717, 1.165) is 25.6 Å². The van der Waals surface area contributed by atoms with Crippen LogP contribution in [0.1, 0.15) is 92.2 Å². The molecule has 1 saturated heterocycles. The molecule has 240 valence electrons. The van der Waals surface area contributed by atoms with Gasteiger partial charge < -0.3 is 26.1 Å². The van der Waals surface area contributed by atoms with Crippen molar-refractivity contribution in [3.8, 4) is 0 Å². The average Bonchev–Trinajstić information content (AvgIpc) is 3.76. The Labute approximate surface area is 310 Å². The Bertz CT molecular complexity index is 1120. The van der Waals surface area contributed by atoms with E-state index in [1.54, 1.807) is 0 Å². The molecule has 0 radical (unpaired) electrons. The van der Waals surface area contributed by atoms with Crippen molar-refractivity contribution in [3.05, 3.63) is 53.6 Å². The van der Waals surface area contributed by atoms with Gasteiger partial charge in [-0.2, -0.15) is 15.6 Å². The molecule has 1 saturated carbocycles. The molecule has 1 aromatic carbocycles. The number of β-amino-alcohol motifs (C(OH)–C–C–N with tert-alkyl or cyclic N) is 1. The predicted molar refractivity (Wildman–Crippen MR) is 174 cm³/mol. The summed E-state index contributed by atoms with van der Waals surface area (Å²) in [6.45, 7) is 21.5. The second kappa shape index (κ2) is 18.0. The number of aliphatic hydroxyl groups excluding tert-OH is 1. The molecule has 1 aromatic rings. The Balaban J connectivity index is 0.000000231. The van der Waals surface area contributed by atoms with Crippen molar-refractivity contribution < 1.29 is 66.1 Å². The summed E-state index contributed by atoms with van der Waals surface area (Å²) in [5.74, 6) is 1.20. The van der Waals surface area contributed by atoms with E-state index in [1.807, 2.05) is 34.0 Å². The van der Waals surface area contributed by atoms with Crippen molar-refractivity contribution in [1.29, 1.82) is 0 Å². The zero-order valence-electron chi connectivity index (χ0n) is 29.0. The standard InChI is InChI=1S/C15H22N.C12H20NO3.C9H14N2.K/c1-15(2,3)9-11-16-10-8-13-6-4-5-7-14(13)12-16;1-8(12(2,3)4)11(16)13-6-10(15)5-9(13)7-14;1-7-4-5-10-11-9(6-7)8-2-3-8;/h4-7,9H,8,10-12H2,1-3H3;8-10,15H,5-6H2,1-4H3;6-8H,2-5H2,1H3;/q2*-1;;+1. The summed E-state index contributed by atoms with van der Waals surface area (Å²) in [4.78, 5) is 26.8. The molecule has 4 aliphatic rings. The third-order valence-electron chi connectivity index (χ3n) is 8.86. The summed E-state index contributed by atoms with van der Waals surface area (Å²) in [5, 5.41) is 17.8. The molecule has 4 atom stereocenters. The second-order valence-corrected chi connectivity index (χ2v) is 15.0. The number of fused-ring (bicyclic) bond motifs is 1. The molecular weight excluding hydrogens is 576 g/mol. The topological polar surface area (TPSA) is 85.6 Å². The zero-order valence-corrected chi connectivity index (χ0v) is 32.1. The van der Waals surface area contributed by atoms with E-state index < -0.39 is 12.1 Å². The van der Waals surface area contributed by atoms with Gasteiger partial charge in [-0.15, -0.1) is 6.54 Å². The maximum Gasteiger partial charge on any atom is 1.00 e. The first kappa shape index (κ1) is 39.4. The second-order valence-electron chi connectivity index (χ2n) is 15.0. The van der Waals surface area contributed by atoms with E-state index >= 15 is 0 Å². The first-order valence-corrected chi connectivity index (χ1v) is 16.3. The number of nitrogens with zero attached hydrogens (tertiary/aromatic N) is 4. The first-order chi connectivity index (χ1) is 20.2. The number of likely N-dealkylation sites (tertiary alicyclic amines) is 1. The van der Waals surface area contributed by atoms with Crippen LogP contribution in [0.4, 0.5) is 0 Å². The number of amides is 1. The van der Waals surface area contributed by atoms with Crippen LogP contribution in [0.2, 0.25) is 0 Å². The Morgan fingerprint density at radius 2 is 1.77 bits per heavy atom. The van der Waals surface area contributed by atoms with Crippen molar-refractivity contribution >= 4 is 12.2 Å².